The monoisotopic (exact) mass is 355 g/mol. The third-order valence-electron chi connectivity index (χ3n) is 1.48. The number of aromatic amines is 1. The van der Waals surface area contributed by atoms with Gasteiger partial charge in [-0.2, -0.15) is 0 Å². The summed E-state index contributed by atoms with van der Waals surface area (Å²) in [6.07, 6.45) is -7.86. The molecule has 0 aromatic carbocycles. The van der Waals surface area contributed by atoms with Gasteiger partial charge in [-0.05, 0) is 22.6 Å². The summed E-state index contributed by atoms with van der Waals surface area (Å²) in [5.41, 5.74) is -1.97. The molecule has 0 amide bonds. The van der Waals surface area contributed by atoms with Crippen molar-refractivity contribution in [3.05, 3.63) is 25.7 Å². The Bertz CT molecular complexity index is 441. The van der Waals surface area contributed by atoms with E-state index in [1.165, 1.54) is 22.6 Å². The number of rotatable bonds is 2. The van der Waals surface area contributed by atoms with E-state index in [9.17, 15) is 26.7 Å². The average Bonchev–Trinajstić information content (AvgIpc) is 2.08. The average molecular weight is 355 g/mol. The van der Waals surface area contributed by atoms with E-state index < -0.39 is 33.2 Å². The second kappa shape index (κ2) is 4.55. The van der Waals surface area contributed by atoms with Gasteiger partial charge >= 0.3 is 6.36 Å². The molecule has 0 unspecified atom stereocenters. The molecule has 0 radical (unpaired) electrons. The summed E-state index contributed by atoms with van der Waals surface area (Å²) in [6, 6.07) is 0. The largest absolute Gasteiger partial charge is 0.573 e. The molecule has 90 valence electrons. The van der Waals surface area contributed by atoms with Crippen molar-refractivity contribution in [1.82, 2.24) is 4.98 Å². The molecule has 1 N–H and O–H groups in total. The molecule has 1 aromatic heterocycles. The number of H-pyrrole nitrogens is 1. The van der Waals surface area contributed by atoms with Gasteiger partial charge in [-0.25, -0.2) is 8.78 Å². The zero-order chi connectivity index (χ0) is 12.5. The fraction of sp³-hybridized carbons (Fsp3) is 0.286. The molecule has 1 heterocycles. The highest BCUT2D eigenvalue weighted by Crippen LogP contribution is 2.33. The molecule has 9 heteroatoms. The van der Waals surface area contributed by atoms with Gasteiger partial charge in [-0.1, -0.05) is 0 Å². The van der Waals surface area contributed by atoms with E-state index in [0.717, 1.165) is 0 Å². The first-order valence-corrected chi connectivity index (χ1v) is 4.75. The lowest BCUT2D eigenvalue weighted by molar-refractivity contribution is -0.275. The van der Waals surface area contributed by atoms with Crippen LogP contribution in [0.25, 0.3) is 0 Å². The van der Waals surface area contributed by atoms with Crippen molar-refractivity contribution in [3.8, 4) is 5.75 Å². The SMILES string of the molecule is O=c1[nH]cc(OC(F)(F)F)c(C(F)F)c1I. The van der Waals surface area contributed by atoms with Crippen LogP contribution in [-0.2, 0) is 0 Å². The Hall–Kier alpha value is -0.870. The molecule has 3 nitrogen and oxygen atoms in total. The topological polar surface area (TPSA) is 42.1 Å². The van der Waals surface area contributed by atoms with Crippen molar-refractivity contribution in [2.24, 2.45) is 0 Å². The van der Waals surface area contributed by atoms with Gasteiger partial charge in [0.15, 0.2) is 5.75 Å². The van der Waals surface area contributed by atoms with Crippen LogP contribution in [0.5, 0.6) is 5.75 Å². The number of pyridine rings is 1. The minimum absolute atomic E-state index is 0.458. The smallest absolute Gasteiger partial charge is 0.404 e. The standard InChI is InChI=1S/C7H3F5INO2/c8-5(9)3-2(16-7(10,11)12)1-14-6(15)4(3)13/h1,5H,(H,14,15). The van der Waals surface area contributed by atoms with E-state index in [4.69, 9.17) is 0 Å². The molecule has 0 saturated carbocycles. The quantitative estimate of drug-likeness (QED) is 0.655. The molecular weight excluding hydrogens is 352 g/mol. The minimum atomic E-state index is -5.09. The van der Waals surface area contributed by atoms with Gasteiger partial charge in [0.2, 0.25) is 0 Å². The van der Waals surface area contributed by atoms with Crippen LogP contribution in [0.1, 0.15) is 12.0 Å². The summed E-state index contributed by atoms with van der Waals surface area (Å²) >= 11 is 1.23. The lowest BCUT2D eigenvalue weighted by atomic mass is 10.2. The number of hydrogen-bond donors (Lipinski definition) is 1. The van der Waals surface area contributed by atoms with Gasteiger partial charge in [-0.15, -0.1) is 13.2 Å². The molecule has 0 fully saturated rings. The molecule has 0 bridgehead atoms. The van der Waals surface area contributed by atoms with Crippen molar-refractivity contribution in [2.45, 2.75) is 12.8 Å². The summed E-state index contributed by atoms with van der Waals surface area (Å²) in [5, 5.41) is 0. The van der Waals surface area contributed by atoms with Gasteiger partial charge in [0.05, 0.1) is 9.13 Å². The molecule has 0 aliphatic heterocycles. The highest BCUT2D eigenvalue weighted by molar-refractivity contribution is 14.1. The van der Waals surface area contributed by atoms with E-state index in [1.807, 2.05) is 4.98 Å². The van der Waals surface area contributed by atoms with Crippen LogP contribution < -0.4 is 10.3 Å². The number of aromatic nitrogens is 1. The second-order valence-corrected chi connectivity index (χ2v) is 3.64. The fourth-order valence-corrected chi connectivity index (χ4v) is 1.57. The molecule has 1 aromatic rings. The lowest BCUT2D eigenvalue weighted by Gasteiger charge is -2.13. The number of nitrogens with one attached hydrogen (secondary N) is 1. The molecule has 16 heavy (non-hydrogen) atoms. The van der Waals surface area contributed by atoms with Crippen LogP contribution in [0.2, 0.25) is 0 Å². The van der Waals surface area contributed by atoms with Gasteiger partial charge < -0.3 is 9.72 Å². The molecule has 0 atom stereocenters. The summed E-state index contributed by atoms with van der Waals surface area (Å²) < 4.78 is 63.3. The van der Waals surface area contributed by atoms with Crippen molar-refractivity contribution in [2.75, 3.05) is 0 Å². The third kappa shape index (κ3) is 3.06. The second-order valence-electron chi connectivity index (χ2n) is 2.56. The Morgan fingerprint density at radius 2 is 1.94 bits per heavy atom. The summed E-state index contributed by atoms with van der Waals surface area (Å²) in [6.45, 7) is 0. The van der Waals surface area contributed by atoms with Gasteiger partial charge in [0, 0.05) is 6.20 Å². The number of ether oxygens (including phenoxy) is 1. The Labute approximate surface area is 98.7 Å². The van der Waals surface area contributed by atoms with Gasteiger partial charge in [0.25, 0.3) is 12.0 Å². The summed E-state index contributed by atoms with van der Waals surface area (Å²) in [5.74, 6) is -1.11. The summed E-state index contributed by atoms with van der Waals surface area (Å²) in [4.78, 5) is 12.8. The van der Waals surface area contributed by atoms with Gasteiger partial charge in [-0.3, -0.25) is 4.79 Å². The van der Waals surface area contributed by atoms with Crippen LogP contribution in [0, 0.1) is 3.57 Å². The molecule has 0 aliphatic rings. The maximum absolute atomic E-state index is 12.4. The van der Waals surface area contributed by atoms with Crippen LogP contribution in [0.3, 0.4) is 0 Å². The van der Waals surface area contributed by atoms with E-state index in [1.54, 1.807) is 0 Å². The first kappa shape index (κ1) is 13.2. The predicted octanol–water partition coefficient (Wildman–Crippen LogP) is 2.82. The fourth-order valence-electron chi connectivity index (χ4n) is 0.915. The van der Waals surface area contributed by atoms with E-state index in [0.29, 0.717) is 6.20 Å². The first-order chi connectivity index (χ1) is 7.22. The van der Waals surface area contributed by atoms with Gasteiger partial charge in [0.1, 0.15) is 0 Å². The Kier molecular flexibility index (Phi) is 3.76. The number of alkyl halides is 5. The molecular formula is C7H3F5INO2. The van der Waals surface area contributed by atoms with Crippen molar-refractivity contribution >= 4 is 22.6 Å². The highest BCUT2D eigenvalue weighted by Gasteiger charge is 2.34. The Morgan fingerprint density at radius 3 is 2.38 bits per heavy atom. The van der Waals surface area contributed by atoms with Crippen molar-refractivity contribution < 1.29 is 26.7 Å². The molecule has 1 rings (SSSR count). The predicted molar refractivity (Wildman–Crippen MR) is 51.4 cm³/mol. The first-order valence-electron chi connectivity index (χ1n) is 3.67. The molecule has 0 spiro atoms. The Balaban J connectivity index is 3.29. The number of halogens is 6. The van der Waals surface area contributed by atoms with Crippen molar-refractivity contribution in [1.29, 1.82) is 0 Å². The van der Waals surface area contributed by atoms with E-state index >= 15 is 0 Å². The van der Waals surface area contributed by atoms with E-state index in [-0.39, 0.29) is 0 Å². The number of hydrogen-bond acceptors (Lipinski definition) is 2. The van der Waals surface area contributed by atoms with Crippen LogP contribution in [-0.4, -0.2) is 11.3 Å². The van der Waals surface area contributed by atoms with Crippen molar-refractivity contribution in [3.63, 3.8) is 0 Å². The molecule has 0 saturated heterocycles. The maximum atomic E-state index is 12.4. The van der Waals surface area contributed by atoms with Crippen LogP contribution in [0.15, 0.2) is 11.0 Å². The van der Waals surface area contributed by atoms with Crippen LogP contribution in [0.4, 0.5) is 22.0 Å². The lowest BCUT2D eigenvalue weighted by Crippen LogP contribution is -2.21. The molecule has 0 aliphatic carbocycles. The highest BCUT2D eigenvalue weighted by atomic mass is 127. The van der Waals surface area contributed by atoms with E-state index in [2.05, 4.69) is 4.74 Å². The minimum Gasteiger partial charge on any atom is -0.404 e. The maximum Gasteiger partial charge on any atom is 0.573 e. The third-order valence-corrected chi connectivity index (χ3v) is 2.55. The zero-order valence-corrected chi connectivity index (χ0v) is 9.40. The zero-order valence-electron chi connectivity index (χ0n) is 7.24. The van der Waals surface area contributed by atoms with Crippen LogP contribution >= 0.6 is 22.6 Å². The normalized spacial score (nSPS) is 11.9. The summed E-state index contributed by atoms with van der Waals surface area (Å²) in [7, 11) is 0. The Morgan fingerprint density at radius 1 is 1.38 bits per heavy atom.